The Balaban J connectivity index is 1.79. The van der Waals surface area contributed by atoms with Crippen LogP contribution in [0, 0.1) is 17.2 Å². The van der Waals surface area contributed by atoms with Crippen LogP contribution in [0.4, 0.5) is 5.69 Å². The van der Waals surface area contributed by atoms with Gasteiger partial charge in [-0.25, -0.2) is 9.97 Å². The SMILES string of the molecule is N#Cc1cc2c(cn1)[nH]c1nccc(N3CC4CCC3C4)c12. The molecule has 0 spiro atoms. The number of aromatic nitrogens is 3. The lowest BCUT2D eigenvalue weighted by molar-refractivity contribution is 0.554. The number of aromatic amines is 1. The molecule has 3 aromatic rings. The summed E-state index contributed by atoms with van der Waals surface area (Å²) in [5, 5.41) is 11.3. The van der Waals surface area contributed by atoms with Crippen molar-refractivity contribution in [3.63, 3.8) is 0 Å². The first-order chi connectivity index (χ1) is 10.8. The van der Waals surface area contributed by atoms with Gasteiger partial charge in [0.1, 0.15) is 17.4 Å². The van der Waals surface area contributed by atoms with Gasteiger partial charge >= 0.3 is 0 Å². The summed E-state index contributed by atoms with van der Waals surface area (Å²) in [4.78, 5) is 14.5. The highest BCUT2D eigenvalue weighted by atomic mass is 15.2. The fraction of sp³-hybridized carbons (Fsp3) is 0.353. The summed E-state index contributed by atoms with van der Waals surface area (Å²) in [5.41, 5.74) is 3.52. The summed E-state index contributed by atoms with van der Waals surface area (Å²) in [6.45, 7) is 1.15. The first kappa shape index (κ1) is 12.0. The molecule has 5 nitrogen and oxygen atoms in total. The van der Waals surface area contributed by atoms with Crippen LogP contribution in [0.5, 0.6) is 0 Å². The van der Waals surface area contributed by atoms with Crippen LogP contribution in [0.15, 0.2) is 24.5 Å². The normalized spacial score (nSPS) is 23.5. The highest BCUT2D eigenvalue weighted by molar-refractivity contribution is 6.12. The molecule has 1 N–H and O–H groups in total. The van der Waals surface area contributed by atoms with E-state index >= 15 is 0 Å². The van der Waals surface area contributed by atoms with Crippen molar-refractivity contribution in [1.29, 1.82) is 5.26 Å². The molecule has 5 rings (SSSR count). The second-order valence-corrected chi connectivity index (χ2v) is 6.39. The predicted octanol–water partition coefficient (Wildman–Crippen LogP) is 2.97. The number of anilines is 1. The van der Waals surface area contributed by atoms with E-state index in [2.05, 4.69) is 32.0 Å². The monoisotopic (exact) mass is 289 g/mol. The van der Waals surface area contributed by atoms with E-state index in [0.717, 1.165) is 34.4 Å². The summed E-state index contributed by atoms with van der Waals surface area (Å²) in [5.74, 6) is 0.842. The average molecular weight is 289 g/mol. The maximum absolute atomic E-state index is 9.12. The second kappa shape index (κ2) is 4.20. The van der Waals surface area contributed by atoms with E-state index in [4.69, 9.17) is 5.26 Å². The molecule has 2 fully saturated rings. The zero-order valence-corrected chi connectivity index (χ0v) is 12.1. The fourth-order valence-corrected chi connectivity index (χ4v) is 4.22. The summed E-state index contributed by atoms with van der Waals surface area (Å²) in [6.07, 6.45) is 7.58. The maximum Gasteiger partial charge on any atom is 0.141 e. The number of nitrogens with zero attached hydrogens (tertiary/aromatic N) is 4. The van der Waals surface area contributed by atoms with E-state index in [-0.39, 0.29) is 0 Å². The molecule has 0 aromatic carbocycles. The Hall–Kier alpha value is -2.61. The molecule has 4 heterocycles. The number of H-pyrrole nitrogens is 1. The Kier molecular flexibility index (Phi) is 2.29. The van der Waals surface area contributed by atoms with Gasteiger partial charge in [0.2, 0.25) is 0 Å². The Morgan fingerprint density at radius 1 is 1.32 bits per heavy atom. The molecule has 22 heavy (non-hydrogen) atoms. The molecule has 1 aliphatic carbocycles. The Labute approximate surface area is 127 Å². The molecule has 1 aliphatic heterocycles. The van der Waals surface area contributed by atoms with Gasteiger partial charge in [0.25, 0.3) is 0 Å². The van der Waals surface area contributed by atoms with Gasteiger partial charge < -0.3 is 9.88 Å². The van der Waals surface area contributed by atoms with Crippen LogP contribution in [0.25, 0.3) is 21.9 Å². The van der Waals surface area contributed by atoms with Crippen LogP contribution in [0.2, 0.25) is 0 Å². The quantitative estimate of drug-likeness (QED) is 0.747. The molecule has 2 aliphatic rings. The summed E-state index contributed by atoms with van der Waals surface area (Å²) < 4.78 is 0. The van der Waals surface area contributed by atoms with Crippen molar-refractivity contribution in [3.05, 3.63) is 30.2 Å². The van der Waals surface area contributed by atoms with Crippen LogP contribution in [0.3, 0.4) is 0 Å². The fourth-order valence-electron chi connectivity index (χ4n) is 4.22. The van der Waals surface area contributed by atoms with Crippen molar-refractivity contribution < 1.29 is 0 Å². The number of pyridine rings is 2. The Morgan fingerprint density at radius 3 is 3.05 bits per heavy atom. The highest BCUT2D eigenvalue weighted by Gasteiger charge is 2.38. The third-order valence-corrected chi connectivity index (χ3v) is 5.19. The van der Waals surface area contributed by atoms with Crippen molar-refractivity contribution in [2.45, 2.75) is 25.3 Å². The first-order valence-electron chi connectivity index (χ1n) is 7.76. The first-order valence-corrected chi connectivity index (χ1v) is 7.76. The minimum Gasteiger partial charge on any atom is -0.368 e. The van der Waals surface area contributed by atoms with E-state index in [1.807, 2.05) is 12.3 Å². The van der Waals surface area contributed by atoms with Crippen LogP contribution >= 0.6 is 0 Å². The van der Waals surface area contributed by atoms with E-state index in [1.54, 1.807) is 6.20 Å². The molecule has 5 heteroatoms. The molecular formula is C17H15N5. The van der Waals surface area contributed by atoms with Gasteiger partial charge in [-0.05, 0) is 37.3 Å². The van der Waals surface area contributed by atoms with Gasteiger partial charge in [-0.15, -0.1) is 0 Å². The van der Waals surface area contributed by atoms with E-state index < -0.39 is 0 Å². The molecule has 3 aromatic heterocycles. The third kappa shape index (κ3) is 1.52. The lowest BCUT2D eigenvalue weighted by atomic mass is 10.1. The van der Waals surface area contributed by atoms with Gasteiger partial charge in [-0.3, -0.25) is 0 Å². The lowest BCUT2D eigenvalue weighted by Gasteiger charge is -2.29. The number of hydrogen-bond acceptors (Lipinski definition) is 4. The van der Waals surface area contributed by atoms with Crippen LogP contribution < -0.4 is 4.90 Å². The van der Waals surface area contributed by atoms with Gasteiger partial charge in [0.05, 0.1) is 22.8 Å². The molecular weight excluding hydrogens is 274 g/mol. The summed E-state index contributed by atoms with van der Waals surface area (Å²) >= 11 is 0. The number of fused-ring (bicyclic) bond motifs is 5. The van der Waals surface area contributed by atoms with Crippen molar-refractivity contribution in [2.24, 2.45) is 5.92 Å². The average Bonchev–Trinajstić information content (AvgIpc) is 3.26. The largest absolute Gasteiger partial charge is 0.368 e. The molecule has 2 bridgehead atoms. The molecule has 0 amide bonds. The van der Waals surface area contributed by atoms with Gasteiger partial charge in [0.15, 0.2) is 0 Å². The second-order valence-electron chi connectivity index (χ2n) is 6.39. The molecule has 0 radical (unpaired) electrons. The number of hydrogen-bond donors (Lipinski definition) is 1. The van der Waals surface area contributed by atoms with Crippen molar-refractivity contribution in [3.8, 4) is 6.07 Å². The van der Waals surface area contributed by atoms with E-state index in [1.165, 1.54) is 24.9 Å². The Bertz CT molecular complexity index is 935. The standard InChI is InChI=1S/C17H15N5/c18-7-11-6-13-14(8-20-11)21-17-16(13)15(3-4-19-17)22-9-10-1-2-12(22)5-10/h3-4,6,8,10,12H,1-2,5,9H2,(H,19,21). The minimum absolute atomic E-state index is 0.450. The summed E-state index contributed by atoms with van der Waals surface area (Å²) in [7, 11) is 0. The van der Waals surface area contributed by atoms with Crippen LogP contribution in [-0.2, 0) is 0 Å². The molecule has 1 saturated carbocycles. The third-order valence-electron chi connectivity index (χ3n) is 5.19. The van der Waals surface area contributed by atoms with Crippen LogP contribution in [0.1, 0.15) is 25.0 Å². The molecule has 108 valence electrons. The highest BCUT2D eigenvalue weighted by Crippen LogP contribution is 2.43. The van der Waals surface area contributed by atoms with Crippen molar-refractivity contribution in [2.75, 3.05) is 11.4 Å². The van der Waals surface area contributed by atoms with Crippen molar-refractivity contribution in [1.82, 2.24) is 15.0 Å². The lowest BCUT2D eigenvalue weighted by Crippen LogP contribution is -2.31. The predicted molar refractivity (Wildman–Crippen MR) is 84.6 cm³/mol. The smallest absolute Gasteiger partial charge is 0.141 e. The van der Waals surface area contributed by atoms with E-state index in [0.29, 0.717) is 11.7 Å². The minimum atomic E-state index is 0.450. The maximum atomic E-state index is 9.12. The topological polar surface area (TPSA) is 68.6 Å². The zero-order chi connectivity index (χ0) is 14.7. The van der Waals surface area contributed by atoms with E-state index in [9.17, 15) is 0 Å². The van der Waals surface area contributed by atoms with Crippen molar-refractivity contribution >= 4 is 27.6 Å². The zero-order valence-electron chi connectivity index (χ0n) is 12.1. The number of rotatable bonds is 1. The Morgan fingerprint density at radius 2 is 2.27 bits per heavy atom. The number of nitrogens with one attached hydrogen (secondary N) is 1. The van der Waals surface area contributed by atoms with Gasteiger partial charge in [0, 0.05) is 24.2 Å². The van der Waals surface area contributed by atoms with Gasteiger partial charge in [-0.2, -0.15) is 5.26 Å². The summed E-state index contributed by atoms with van der Waals surface area (Å²) in [6, 6.07) is 6.78. The molecule has 2 atom stereocenters. The number of nitriles is 1. The number of piperidine rings is 1. The van der Waals surface area contributed by atoms with Crippen LogP contribution in [-0.4, -0.2) is 27.5 Å². The van der Waals surface area contributed by atoms with Gasteiger partial charge in [-0.1, -0.05) is 0 Å². The molecule has 1 saturated heterocycles. The molecule has 2 unspecified atom stereocenters.